The Balaban J connectivity index is 4.81. The van der Waals surface area contributed by atoms with Gasteiger partial charge in [0.2, 0.25) is 11.8 Å². The van der Waals surface area contributed by atoms with Crippen LogP contribution in [-0.2, 0) is 14.4 Å². The molecular formula is C11H21N3O5. The van der Waals surface area contributed by atoms with E-state index < -0.39 is 36.0 Å². The predicted octanol–water partition coefficient (Wildman–Crippen LogP) is -1.96. The monoisotopic (exact) mass is 275 g/mol. The van der Waals surface area contributed by atoms with Gasteiger partial charge in [0.05, 0.1) is 12.6 Å². The van der Waals surface area contributed by atoms with Crippen LogP contribution in [0.1, 0.15) is 20.8 Å². The highest BCUT2D eigenvalue weighted by atomic mass is 16.4. The number of carbonyl (C=O) groups excluding carboxylic acids is 2. The Bertz CT molecular complexity index is 343. The summed E-state index contributed by atoms with van der Waals surface area (Å²) in [5.74, 6) is -2.79. The fraction of sp³-hybridized carbons (Fsp3) is 0.727. The number of carboxylic acids is 1. The second-order valence-electron chi connectivity index (χ2n) is 4.56. The molecule has 0 aliphatic carbocycles. The second kappa shape index (κ2) is 7.70. The Morgan fingerprint density at radius 2 is 1.63 bits per heavy atom. The zero-order valence-corrected chi connectivity index (χ0v) is 11.2. The lowest BCUT2D eigenvalue weighted by Gasteiger charge is -2.24. The molecule has 0 radical (unpaired) electrons. The van der Waals surface area contributed by atoms with E-state index >= 15 is 0 Å². The molecule has 0 rings (SSSR count). The lowest BCUT2D eigenvalue weighted by Crippen LogP contribution is -2.56. The molecule has 0 heterocycles. The average molecular weight is 275 g/mol. The van der Waals surface area contributed by atoms with Gasteiger partial charge in [-0.1, -0.05) is 13.8 Å². The summed E-state index contributed by atoms with van der Waals surface area (Å²) in [6, 6.07) is -2.33. The van der Waals surface area contributed by atoms with E-state index in [1.54, 1.807) is 13.8 Å². The normalized spacial score (nSPS) is 15.5. The lowest BCUT2D eigenvalue weighted by molar-refractivity contribution is -0.145. The van der Waals surface area contributed by atoms with Crippen LogP contribution in [-0.4, -0.2) is 52.7 Å². The van der Waals surface area contributed by atoms with Crippen molar-refractivity contribution in [3.05, 3.63) is 0 Å². The van der Waals surface area contributed by atoms with Gasteiger partial charge in [0.1, 0.15) is 6.04 Å². The van der Waals surface area contributed by atoms with Crippen LogP contribution in [0, 0.1) is 5.92 Å². The number of aliphatic carboxylic acids is 1. The van der Waals surface area contributed by atoms with Gasteiger partial charge in [-0.15, -0.1) is 0 Å². The van der Waals surface area contributed by atoms with Crippen LogP contribution in [0.2, 0.25) is 0 Å². The number of carbonyl (C=O) groups is 3. The molecule has 0 aromatic carbocycles. The first-order valence-corrected chi connectivity index (χ1v) is 5.91. The standard InChI is InChI=1S/C11H21N3O5/c1-5(2)8(13-7(16)4-12)10(17)14-9(6(3)15)11(18)19/h5-6,8-9,15H,4,12H2,1-3H3,(H,13,16)(H,14,17)(H,18,19). The zero-order chi connectivity index (χ0) is 15.2. The van der Waals surface area contributed by atoms with Crippen molar-refractivity contribution in [2.75, 3.05) is 6.54 Å². The maximum absolute atomic E-state index is 11.9. The maximum atomic E-state index is 11.9. The lowest BCUT2D eigenvalue weighted by atomic mass is 10.0. The van der Waals surface area contributed by atoms with Crippen molar-refractivity contribution < 1.29 is 24.6 Å². The van der Waals surface area contributed by atoms with E-state index in [2.05, 4.69) is 10.6 Å². The van der Waals surface area contributed by atoms with Crippen LogP contribution in [0.25, 0.3) is 0 Å². The van der Waals surface area contributed by atoms with E-state index in [0.717, 1.165) is 0 Å². The Labute approximate surface area is 111 Å². The van der Waals surface area contributed by atoms with Crippen molar-refractivity contribution >= 4 is 17.8 Å². The number of rotatable bonds is 7. The van der Waals surface area contributed by atoms with Crippen LogP contribution in [0.3, 0.4) is 0 Å². The van der Waals surface area contributed by atoms with Gasteiger partial charge in [0.25, 0.3) is 0 Å². The molecule has 3 atom stereocenters. The van der Waals surface area contributed by atoms with Crippen molar-refractivity contribution in [2.45, 2.75) is 39.0 Å². The highest BCUT2D eigenvalue weighted by Gasteiger charge is 2.30. The van der Waals surface area contributed by atoms with Gasteiger partial charge < -0.3 is 26.6 Å². The minimum absolute atomic E-state index is 0.251. The van der Waals surface area contributed by atoms with Crippen LogP contribution in [0.5, 0.6) is 0 Å². The van der Waals surface area contributed by atoms with Gasteiger partial charge in [-0.3, -0.25) is 9.59 Å². The Hall–Kier alpha value is -1.67. The molecule has 110 valence electrons. The number of aliphatic hydroxyl groups excluding tert-OH is 1. The number of carboxylic acid groups (broad SMARTS) is 1. The van der Waals surface area contributed by atoms with Crippen LogP contribution >= 0.6 is 0 Å². The van der Waals surface area contributed by atoms with Gasteiger partial charge in [-0.25, -0.2) is 4.79 Å². The minimum atomic E-state index is -1.43. The molecule has 0 spiro atoms. The smallest absolute Gasteiger partial charge is 0.328 e. The molecule has 6 N–H and O–H groups in total. The van der Waals surface area contributed by atoms with Gasteiger partial charge in [-0.2, -0.15) is 0 Å². The molecule has 0 saturated heterocycles. The molecule has 0 aliphatic rings. The Morgan fingerprint density at radius 3 is 1.95 bits per heavy atom. The first-order valence-electron chi connectivity index (χ1n) is 5.91. The van der Waals surface area contributed by atoms with E-state index in [-0.39, 0.29) is 12.5 Å². The number of aliphatic hydroxyl groups is 1. The van der Waals surface area contributed by atoms with Crippen LogP contribution in [0.15, 0.2) is 0 Å². The van der Waals surface area contributed by atoms with Crippen molar-refractivity contribution in [1.29, 1.82) is 0 Å². The fourth-order valence-electron chi connectivity index (χ4n) is 1.40. The van der Waals surface area contributed by atoms with Gasteiger partial charge in [0, 0.05) is 0 Å². The quantitative estimate of drug-likeness (QED) is 0.365. The third-order valence-corrected chi connectivity index (χ3v) is 2.50. The fourth-order valence-corrected chi connectivity index (χ4v) is 1.40. The Kier molecular flexibility index (Phi) is 7.02. The predicted molar refractivity (Wildman–Crippen MR) is 67.1 cm³/mol. The van der Waals surface area contributed by atoms with Crippen molar-refractivity contribution in [3.8, 4) is 0 Å². The summed E-state index contributed by atoms with van der Waals surface area (Å²) in [5, 5.41) is 22.7. The van der Waals surface area contributed by atoms with Gasteiger partial charge in [0.15, 0.2) is 6.04 Å². The van der Waals surface area contributed by atoms with Crippen molar-refractivity contribution in [2.24, 2.45) is 11.7 Å². The first-order chi connectivity index (χ1) is 8.70. The van der Waals surface area contributed by atoms with Gasteiger partial charge in [-0.05, 0) is 12.8 Å². The average Bonchev–Trinajstić information content (AvgIpc) is 2.30. The van der Waals surface area contributed by atoms with Crippen LogP contribution in [0.4, 0.5) is 0 Å². The van der Waals surface area contributed by atoms with E-state index in [9.17, 15) is 19.5 Å². The van der Waals surface area contributed by atoms with Crippen LogP contribution < -0.4 is 16.4 Å². The minimum Gasteiger partial charge on any atom is -0.480 e. The SMILES string of the molecule is CC(C)C(NC(=O)CN)C(=O)NC(C(=O)O)C(C)O. The summed E-state index contributed by atoms with van der Waals surface area (Å²) in [6.07, 6.45) is -1.25. The number of hydrogen-bond donors (Lipinski definition) is 5. The summed E-state index contributed by atoms with van der Waals surface area (Å²) in [5.41, 5.74) is 5.14. The molecule has 0 aromatic heterocycles. The summed E-state index contributed by atoms with van der Waals surface area (Å²) >= 11 is 0. The molecule has 8 nitrogen and oxygen atoms in total. The van der Waals surface area contributed by atoms with E-state index in [4.69, 9.17) is 10.8 Å². The van der Waals surface area contributed by atoms with E-state index in [1.165, 1.54) is 6.92 Å². The molecule has 8 heteroatoms. The second-order valence-corrected chi connectivity index (χ2v) is 4.56. The maximum Gasteiger partial charge on any atom is 0.328 e. The van der Waals surface area contributed by atoms with Crippen molar-refractivity contribution in [3.63, 3.8) is 0 Å². The molecule has 0 saturated carbocycles. The van der Waals surface area contributed by atoms with E-state index in [0.29, 0.717) is 0 Å². The molecule has 0 fully saturated rings. The zero-order valence-electron chi connectivity index (χ0n) is 11.2. The first kappa shape index (κ1) is 17.3. The largest absolute Gasteiger partial charge is 0.480 e. The number of nitrogens with two attached hydrogens (primary N) is 1. The number of nitrogens with one attached hydrogen (secondary N) is 2. The Morgan fingerprint density at radius 1 is 1.11 bits per heavy atom. The molecular weight excluding hydrogens is 254 g/mol. The summed E-state index contributed by atoms with van der Waals surface area (Å²) in [6.45, 7) is 4.37. The molecule has 3 unspecified atom stereocenters. The third-order valence-electron chi connectivity index (χ3n) is 2.50. The topological polar surface area (TPSA) is 142 Å². The highest BCUT2D eigenvalue weighted by molar-refractivity contribution is 5.91. The number of amides is 2. The number of hydrogen-bond acceptors (Lipinski definition) is 5. The molecule has 19 heavy (non-hydrogen) atoms. The third kappa shape index (κ3) is 5.66. The van der Waals surface area contributed by atoms with E-state index in [1.807, 2.05) is 0 Å². The summed E-state index contributed by atoms with van der Waals surface area (Å²) in [7, 11) is 0. The molecule has 2 amide bonds. The summed E-state index contributed by atoms with van der Waals surface area (Å²) < 4.78 is 0. The van der Waals surface area contributed by atoms with Crippen molar-refractivity contribution in [1.82, 2.24) is 10.6 Å². The molecule has 0 aromatic rings. The van der Waals surface area contributed by atoms with Gasteiger partial charge >= 0.3 is 5.97 Å². The molecule has 0 aliphatic heterocycles. The summed E-state index contributed by atoms with van der Waals surface area (Å²) in [4.78, 5) is 34.0. The molecule has 0 bridgehead atoms. The highest BCUT2D eigenvalue weighted by Crippen LogP contribution is 2.03.